The monoisotopic (exact) mass is 321 g/mol. The van der Waals surface area contributed by atoms with Crippen molar-refractivity contribution in [1.82, 2.24) is 9.97 Å². The van der Waals surface area contributed by atoms with E-state index in [2.05, 4.69) is 44.8 Å². The summed E-state index contributed by atoms with van der Waals surface area (Å²) in [5, 5.41) is 4.16. The maximum Gasteiger partial charge on any atom is 0.143 e. The van der Waals surface area contributed by atoms with Gasteiger partial charge in [-0.05, 0) is 34.8 Å². The summed E-state index contributed by atoms with van der Waals surface area (Å²) in [6.07, 6.45) is 4.66. The molecule has 0 aromatic carbocycles. The fourth-order valence-electron chi connectivity index (χ4n) is 1.52. The Hall–Kier alpha value is -0.0400. The van der Waals surface area contributed by atoms with E-state index in [1.807, 2.05) is 18.0 Å². The van der Waals surface area contributed by atoms with E-state index in [1.54, 1.807) is 6.33 Å². The van der Waals surface area contributed by atoms with Gasteiger partial charge in [0.1, 0.15) is 12.1 Å². The van der Waals surface area contributed by atoms with Crippen LogP contribution in [0.1, 0.15) is 13.3 Å². The molecule has 2 rings (SSSR count). The van der Waals surface area contributed by atoms with Crippen molar-refractivity contribution in [3.05, 3.63) is 16.1 Å². The number of thioether (sulfide) groups is 1. The van der Waals surface area contributed by atoms with Crippen molar-refractivity contribution >= 4 is 40.2 Å². The zero-order valence-electron chi connectivity index (χ0n) is 7.90. The molecule has 1 saturated heterocycles. The fraction of sp³-hybridized carbons (Fsp3) is 0.556. The topological polar surface area (TPSA) is 37.8 Å². The Morgan fingerprint density at radius 1 is 1.64 bits per heavy atom. The van der Waals surface area contributed by atoms with Crippen LogP contribution >= 0.6 is 34.4 Å². The summed E-state index contributed by atoms with van der Waals surface area (Å²) in [6, 6.07) is 0.559. The molecule has 0 saturated carbocycles. The van der Waals surface area contributed by atoms with Crippen molar-refractivity contribution in [3.63, 3.8) is 0 Å². The number of halogens is 1. The first-order valence-electron chi connectivity index (χ1n) is 4.61. The first-order valence-corrected chi connectivity index (χ1v) is 6.74. The molecule has 0 aliphatic carbocycles. The number of nitrogens with one attached hydrogen (secondary N) is 1. The standard InChI is InChI=1S/C9H12IN3S/c1-6-8(2-3-14-6)13-9-7(10)4-11-5-12-9/h4-6,8H,2-3H2,1H3,(H,11,12,13). The number of rotatable bonds is 2. The Labute approximate surface area is 102 Å². The third kappa shape index (κ3) is 2.31. The van der Waals surface area contributed by atoms with E-state index in [1.165, 1.54) is 12.2 Å². The first-order chi connectivity index (χ1) is 6.77. The number of hydrogen-bond donors (Lipinski definition) is 1. The summed E-state index contributed by atoms with van der Waals surface area (Å²) in [4.78, 5) is 8.21. The van der Waals surface area contributed by atoms with E-state index in [-0.39, 0.29) is 0 Å². The van der Waals surface area contributed by atoms with E-state index >= 15 is 0 Å². The molecule has 5 heteroatoms. The predicted molar refractivity (Wildman–Crippen MR) is 68.7 cm³/mol. The minimum Gasteiger partial charge on any atom is -0.365 e. The summed E-state index contributed by atoms with van der Waals surface area (Å²) in [6.45, 7) is 2.27. The van der Waals surface area contributed by atoms with Gasteiger partial charge in [-0.2, -0.15) is 11.8 Å². The number of aromatic nitrogens is 2. The third-order valence-electron chi connectivity index (χ3n) is 2.37. The van der Waals surface area contributed by atoms with E-state index in [4.69, 9.17) is 0 Å². The van der Waals surface area contributed by atoms with E-state index in [0.717, 1.165) is 9.39 Å². The van der Waals surface area contributed by atoms with Crippen LogP contribution in [-0.4, -0.2) is 27.0 Å². The van der Waals surface area contributed by atoms with Crippen LogP contribution < -0.4 is 5.32 Å². The van der Waals surface area contributed by atoms with Crippen LogP contribution in [0.2, 0.25) is 0 Å². The van der Waals surface area contributed by atoms with Gasteiger partial charge in [0.15, 0.2) is 0 Å². The molecule has 3 nitrogen and oxygen atoms in total. The Morgan fingerprint density at radius 2 is 2.50 bits per heavy atom. The summed E-state index contributed by atoms with van der Waals surface area (Å²) in [5.74, 6) is 2.22. The molecular weight excluding hydrogens is 309 g/mol. The molecule has 2 atom stereocenters. The van der Waals surface area contributed by atoms with Gasteiger partial charge in [-0.1, -0.05) is 6.92 Å². The lowest BCUT2D eigenvalue weighted by atomic mass is 10.2. The molecule has 1 fully saturated rings. The van der Waals surface area contributed by atoms with E-state index < -0.39 is 0 Å². The molecule has 2 heterocycles. The zero-order chi connectivity index (χ0) is 9.97. The molecule has 76 valence electrons. The van der Waals surface area contributed by atoms with Gasteiger partial charge in [-0.15, -0.1) is 0 Å². The van der Waals surface area contributed by atoms with Crippen molar-refractivity contribution in [3.8, 4) is 0 Å². The highest BCUT2D eigenvalue weighted by Gasteiger charge is 2.24. The molecule has 1 aliphatic rings. The van der Waals surface area contributed by atoms with Crippen LogP contribution in [-0.2, 0) is 0 Å². The lowest BCUT2D eigenvalue weighted by molar-refractivity contribution is 0.718. The summed E-state index contributed by atoms with van der Waals surface area (Å²) in [7, 11) is 0. The van der Waals surface area contributed by atoms with Gasteiger partial charge in [0.2, 0.25) is 0 Å². The van der Waals surface area contributed by atoms with Crippen LogP contribution in [0.4, 0.5) is 5.82 Å². The molecule has 0 spiro atoms. The molecule has 1 aromatic heterocycles. The molecule has 2 unspecified atom stereocenters. The largest absolute Gasteiger partial charge is 0.365 e. The van der Waals surface area contributed by atoms with Crippen LogP contribution in [0.15, 0.2) is 12.5 Å². The van der Waals surface area contributed by atoms with Crippen LogP contribution in [0.25, 0.3) is 0 Å². The number of hydrogen-bond acceptors (Lipinski definition) is 4. The number of anilines is 1. The SMILES string of the molecule is CC1SCCC1Nc1ncncc1I. The second kappa shape index (κ2) is 4.65. The van der Waals surface area contributed by atoms with Crippen molar-refractivity contribution in [2.45, 2.75) is 24.6 Å². The van der Waals surface area contributed by atoms with Crippen LogP contribution in [0.3, 0.4) is 0 Å². The summed E-state index contributed by atoms with van der Waals surface area (Å²) < 4.78 is 1.09. The summed E-state index contributed by atoms with van der Waals surface area (Å²) in [5.41, 5.74) is 0. The highest BCUT2D eigenvalue weighted by Crippen LogP contribution is 2.29. The molecule has 0 bridgehead atoms. The van der Waals surface area contributed by atoms with Crippen LogP contribution in [0, 0.1) is 3.57 Å². The molecular formula is C9H12IN3S. The Morgan fingerprint density at radius 3 is 3.14 bits per heavy atom. The lowest BCUT2D eigenvalue weighted by Gasteiger charge is -2.17. The average Bonchev–Trinajstić information content (AvgIpc) is 2.56. The highest BCUT2D eigenvalue weighted by molar-refractivity contribution is 14.1. The molecule has 1 N–H and O–H groups in total. The van der Waals surface area contributed by atoms with E-state index in [0.29, 0.717) is 11.3 Å². The highest BCUT2D eigenvalue weighted by atomic mass is 127. The normalized spacial score (nSPS) is 26.4. The molecule has 0 radical (unpaired) electrons. The van der Waals surface area contributed by atoms with Gasteiger partial charge in [-0.25, -0.2) is 9.97 Å². The van der Waals surface area contributed by atoms with Crippen LogP contribution in [0.5, 0.6) is 0 Å². The minimum absolute atomic E-state index is 0.559. The maximum absolute atomic E-state index is 4.24. The van der Waals surface area contributed by atoms with Gasteiger partial charge in [0.25, 0.3) is 0 Å². The average molecular weight is 321 g/mol. The minimum atomic E-state index is 0.559. The van der Waals surface area contributed by atoms with E-state index in [9.17, 15) is 0 Å². The number of nitrogens with zero attached hydrogens (tertiary/aromatic N) is 2. The lowest BCUT2D eigenvalue weighted by Crippen LogP contribution is -2.25. The van der Waals surface area contributed by atoms with Gasteiger partial charge in [0, 0.05) is 17.5 Å². The van der Waals surface area contributed by atoms with Gasteiger partial charge in [0.05, 0.1) is 3.57 Å². The summed E-state index contributed by atoms with van der Waals surface area (Å²) >= 11 is 4.28. The Kier molecular flexibility index (Phi) is 3.48. The zero-order valence-corrected chi connectivity index (χ0v) is 10.9. The fourth-order valence-corrected chi connectivity index (χ4v) is 3.17. The molecule has 1 aromatic rings. The predicted octanol–water partition coefficient (Wildman–Crippen LogP) is 2.39. The second-order valence-corrected chi connectivity index (χ2v) is 5.98. The second-order valence-electron chi connectivity index (χ2n) is 3.33. The maximum atomic E-state index is 4.24. The quantitative estimate of drug-likeness (QED) is 0.849. The smallest absolute Gasteiger partial charge is 0.143 e. The van der Waals surface area contributed by atoms with Crippen molar-refractivity contribution < 1.29 is 0 Å². The van der Waals surface area contributed by atoms with Crippen molar-refractivity contribution in [2.24, 2.45) is 0 Å². The first kappa shape index (κ1) is 10.5. The van der Waals surface area contributed by atoms with Gasteiger partial charge >= 0.3 is 0 Å². The van der Waals surface area contributed by atoms with Gasteiger partial charge < -0.3 is 5.32 Å². The Balaban J connectivity index is 2.07. The van der Waals surface area contributed by atoms with Gasteiger partial charge in [-0.3, -0.25) is 0 Å². The molecule has 14 heavy (non-hydrogen) atoms. The third-order valence-corrected chi connectivity index (χ3v) is 4.48. The Bertz CT molecular complexity index is 321. The van der Waals surface area contributed by atoms with Crippen molar-refractivity contribution in [1.29, 1.82) is 0 Å². The molecule has 0 amide bonds. The van der Waals surface area contributed by atoms with Crippen molar-refractivity contribution in [2.75, 3.05) is 11.1 Å². The molecule has 1 aliphatic heterocycles.